The molecule has 0 radical (unpaired) electrons. The van der Waals surface area contributed by atoms with Crippen molar-refractivity contribution in [2.45, 2.75) is 6.92 Å². The van der Waals surface area contributed by atoms with E-state index in [4.69, 9.17) is 14.5 Å². The van der Waals surface area contributed by atoms with Gasteiger partial charge in [0.05, 0.1) is 19.8 Å². The minimum absolute atomic E-state index is 0.264. The number of aromatic nitrogens is 2. The van der Waals surface area contributed by atoms with Gasteiger partial charge in [0.25, 0.3) is 5.91 Å². The molecule has 0 aliphatic rings. The number of fused-ring (bicyclic) bond motifs is 1. The van der Waals surface area contributed by atoms with E-state index in [0.29, 0.717) is 22.8 Å². The minimum Gasteiger partial charge on any atom is -0.497 e. The number of rotatable bonds is 5. The first-order chi connectivity index (χ1) is 14.1. The highest BCUT2D eigenvalue weighted by Gasteiger charge is 2.19. The molecular formula is C23H21N3O3. The number of carbonyl (C=O) groups excluding carboxylic acids is 1. The molecule has 0 atom stereocenters. The van der Waals surface area contributed by atoms with Gasteiger partial charge < -0.3 is 14.8 Å². The number of pyridine rings is 1. The van der Waals surface area contributed by atoms with Crippen molar-refractivity contribution in [2.24, 2.45) is 0 Å². The van der Waals surface area contributed by atoms with Crippen LogP contribution >= 0.6 is 0 Å². The molecule has 4 aromatic rings. The summed E-state index contributed by atoms with van der Waals surface area (Å²) in [5.41, 5.74) is 3.86. The summed E-state index contributed by atoms with van der Waals surface area (Å²) in [5.74, 6) is 1.61. The third-order valence-electron chi connectivity index (χ3n) is 4.73. The Labute approximate surface area is 168 Å². The van der Waals surface area contributed by atoms with Crippen molar-refractivity contribution in [3.63, 3.8) is 0 Å². The number of imidazole rings is 1. The summed E-state index contributed by atoms with van der Waals surface area (Å²) < 4.78 is 12.5. The number of para-hydroxylation sites is 1. The quantitative estimate of drug-likeness (QED) is 0.544. The largest absolute Gasteiger partial charge is 0.497 e. The standard InChI is InChI=1S/C23H21N3O3/c1-15-12-13-26-20(14-15)24-21(16-8-10-17(28-2)11-9-16)22(26)25-23(27)18-6-4-5-7-19(18)29-3/h4-14H,1-3H3,(H,25,27). The van der Waals surface area contributed by atoms with Crippen LogP contribution in [0.3, 0.4) is 0 Å². The second-order valence-electron chi connectivity index (χ2n) is 6.62. The molecule has 6 nitrogen and oxygen atoms in total. The maximum Gasteiger partial charge on any atom is 0.260 e. The molecule has 0 saturated heterocycles. The van der Waals surface area contributed by atoms with Crippen molar-refractivity contribution in [2.75, 3.05) is 19.5 Å². The summed E-state index contributed by atoms with van der Waals surface area (Å²) in [6.07, 6.45) is 1.91. The SMILES string of the molecule is COc1ccc(-c2nc3cc(C)ccn3c2NC(=O)c2ccccc2OC)cc1. The molecule has 0 aliphatic heterocycles. The first-order valence-electron chi connectivity index (χ1n) is 9.18. The van der Waals surface area contributed by atoms with Gasteiger partial charge in [0, 0.05) is 11.8 Å². The highest BCUT2D eigenvalue weighted by atomic mass is 16.5. The zero-order chi connectivity index (χ0) is 20.4. The zero-order valence-corrected chi connectivity index (χ0v) is 16.5. The number of carbonyl (C=O) groups is 1. The van der Waals surface area contributed by atoms with Crippen LogP contribution in [-0.2, 0) is 0 Å². The normalized spacial score (nSPS) is 10.7. The second-order valence-corrected chi connectivity index (χ2v) is 6.62. The first-order valence-corrected chi connectivity index (χ1v) is 9.18. The van der Waals surface area contributed by atoms with Crippen LogP contribution in [-0.4, -0.2) is 29.5 Å². The molecule has 0 fully saturated rings. The monoisotopic (exact) mass is 387 g/mol. The molecule has 2 aromatic carbocycles. The highest BCUT2D eigenvalue weighted by Crippen LogP contribution is 2.31. The Bertz CT molecular complexity index is 1180. The van der Waals surface area contributed by atoms with Crippen LogP contribution in [0.5, 0.6) is 11.5 Å². The van der Waals surface area contributed by atoms with Crippen molar-refractivity contribution < 1.29 is 14.3 Å². The Morgan fingerprint density at radius 1 is 1.00 bits per heavy atom. The molecule has 2 heterocycles. The molecule has 29 heavy (non-hydrogen) atoms. The van der Waals surface area contributed by atoms with Gasteiger partial charge in [0.1, 0.15) is 28.7 Å². The van der Waals surface area contributed by atoms with Crippen LogP contribution in [0, 0.1) is 6.92 Å². The van der Waals surface area contributed by atoms with E-state index in [-0.39, 0.29) is 5.91 Å². The Morgan fingerprint density at radius 2 is 1.76 bits per heavy atom. The predicted octanol–water partition coefficient (Wildman–Crippen LogP) is 4.58. The van der Waals surface area contributed by atoms with Gasteiger partial charge in [-0.3, -0.25) is 9.20 Å². The molecule has 6 heteroatoms. The van der Waals surface area contributed by atoms with Gasteiger partial charge in [-0.1, -0.05) is 12.1 Å². The van der Waals surface area contributed by atoms with E-state index in [1.54, 1.807) is 32.4 Å². The van der Waals surface area contributed by atoms with E-state index in [0.717, 1.165) is 22.5 Å². The van der Waals surface area contributed by atoms with Gasteiger partial charge in [-0.05, 0) is 61.0 Å². The molecule has 2 aromatic heterocycles. The lowest BCUT2D eigenvalue weighted by Gasteiger charge is -2.11. The predicted molar refractivity (Wildman–Crippen MR) is 113 cm³/mol. The highest BCUT2D eigenvalue weighted by molar-refractivity contribution is 6.07. The van der Waals surface area contributed by atoms with Gasteiger partial charge in [-0.15, -0.1) is 0 Å². The van der Waals surface area contributed by atoms with E-state index in [9.17, 15) is 4.79 Å². The van der Waals surface area contributed by atoms with Crippen molar-refractivity contribution >= 4 is 17.4 Å². The minimum atomic E-state index is -0.264. The van der Waals surface area contributed by atoms with E-state index in [1.807, 2.05) is 60.0 Å². The molecule has 1 amide bonds. The average Bonchev–Trinajstić information content (AvgIpc) is 3.10. The van der Waals surface area contributed by atoms with E-state index in [2.05, 4.69) is 5.32 Å². The van der Waals surface area contributed by atoms with Crippen LogP contribution < -0.4 is 14.8 Å². The maximum absolute atomic E-state index is 13.0. The fourth-order valence-electron chi connectivity index (χ4n) is 3.22. The third-order valence-corrected chi connectivity index (χ3v) is 4.73. The van der Waals surface area contributed by atoms with Crippen molar-refractivity contribution in [1.29, 1.82) is 0 Å². The van der Waals surface area contributed by atoms with Gasteiger partial charge >= 0.3 is 0 Å². The number of hydrogen-bond acceptors (Lipinski definition) is 4. The van der Waals surface area contributed by atoms with Crippen molar-refractivity contribution in [1.82, 2.24) is 9.38 Å². The summed E-state index contributed by atoms with van der Waals surface area (Å²) in [7, 11) is 3.17. The molecule has 146 valence electrons. The summed E-state index contributed by atoms with van der Waals surface area (Å²) in [4.78, 5) is 17.8. The lowest BCUT2D eigenvalue weighted by atomic mass is 10.1. The lowest BCUT2D eigenvalue weighted by Crippen LogP contribution is -2.15. The smallest absolute Gasteiger partial charge is 0.260 e. The Hall–Kier alpha value is -3.80. The summed E-state index contributed by atoms with van der Waals surface area (Å²) in [5, 5.41) is 3.02. The van der Waals surface area contributed by atoms with E-state index < -0.39 is 0 Å². The number of ether oxygens (including phenoxy) is 2. The molecule has 0 spiro atoms. The third kappa shape index (κ3) is 3.52. The van der Waals surface area contributed by atoms with E-state index >= 15 is 0 Å². The number of anilines is 1. The number of amides is 1. The van der Waals surface area contributed by atoms with Crippen LogP contribution in [0.2, 0.25) is 0 Å². The van der Waals surface area contributed by atoms with E-state index in [1.165, 1.54) is 0 Å². The van der Waals surface area contributed by atoms with Gasteiger partial charge in [-0.25, -0.2) is 4.98 Å². The number of methoxy groups -OCH3 is 2. The topological polar surface area (TPSA) is 64.9 Å². The summed E-state index contributed by atoms with van der Waals surface area (Å²) in [6, 6.07) is 18.7. The lowest BCUT2D eigenvalue weighted by molar-refractivity contribution is 0.102. The van der Waals surface area contributed by atoms with Crippen LogP contribution in [0.25, 0.3) is 16.9 Å². The summed E-state index contributed by atoms with van der Waals surface area (Å²) in [6.45, 7) is 2.01. The number of benzene rings is 2. The van der Waals surface area contributed by atoms with Crippen LogP contribution in [0.15, 0.2) is 66.9 Å². The molecule has 0 bridgehead atoms. The second kappa shape index (κ2) is 7.67. The zero-order valence-electron chi connectivity index (χ0n) is 16.5. The average molecular weight is 387 g/mol. The van der Waals surface area contributed by atoms with Crippen LogP contribution in [0.4, 0.5) is 5.82 Å². The number of nitrogens with zero attached hydrogens (tertiary/aromatic N) is 2. The molecule has 4 rings (SSSR count). The molecule has 0 aliphatic carbocycles. The summed E-state index contributed by atoms with van der Waals surface area (Å²) >= 11 is 0. The Balaban J connectivity index is 1.82. The molecule has 0 saturated carbocycles. The maximum atomic E-state index is 13.0. The number of nitrogens with one attached hydrogen (secondary N) is 1. The fraction of sp³-hybridized carbons (Fsp3) is 0.130. The van der Waals surface area contributed by atoms with Crippen LogP contribution in [0.1, 0.15) is 15.9 Å². The molecular weight excluding hydrogens is 366 g/mol. The molecule has 1 N–H and O–H groups in total. The molecule has 0 unspecified atom stereocenters. The van der Waals surface area contributed by atoms with Crippen molar-refractivity contribution in [3.05, 3.63) is 78.0 Å². The van der Waals surface area contributed by atoms with Crippen molar-refractivity contribution in [3.8, 4) is 22.8 Å². The van der Waals surface area contributed by atoms with Gasteiger partial charge in [0.2, 0.25) is 0 Å². The number of hydrogen-bond donors (Lipinski definition) is 1. The van der Waals surface area contributed by atoms with Gasteiger partial charge in [0.15, 0.2) is 0 Å². The fourth-order valence-corrected chi connectivity index (χ4v) is 3.22. The van der Waals surface area contributed by atoms with Gasteiger partial charge in [-0.2, -0.15) is 0 Å². The Kier molecular flexibility index (Phi) is 4.91. The Morgan fingerprint density at radius 3 is 2.48 bits per heavy atom. The first kappa shape index (κ1) is 18.6. The number of aryl methyl sites for hydroxylation is 1.